The summed E-state index contributed by atoms with van der Waals surface area (Å²) in [6.07, 6.45) is 0. The van der Waals surface area contributed by atoms with Gasteiger partial charge >= 0.3 is 0 Å². The van der Waals surface area contributed by atoms with Gasteiger partial charge in [0, 0.05) is 10.2 Å². The second kappa shape index (κ2) is 7.11. The van der Waals surface area contributed by atoms with Crippen LogP contribution < -0.4 is 10.1 Å². The Morgan fingerprint density at radius 2 is 1.87 bits per heavy atom. The summed E-state index contributed by atoms with van der Waals surface area (Å²) >= 11 is 3.34. The van der Waals surface area contributed by atoms with E-state index in [-0.39, 0.29) is 17.5 Å². The van der Waals surface area contributed by atoms with Gasteiger partial charge in [0.25, 0.3) is 11.8 Å². The number of hydrogen-bond donors (Lipinski definition) is 1. The third-order valence-corrected chi connectivity index (χ3v) is 3.57. The molecular weight excluding hydrogens is 360 g/mol. The topological polar surface area (TPSA) is 64.4 Å². The summed E-state index contributed by atoms with van der Waals surface area (Å²) in [5, 5.41) is 6.47. The fourth-order valence-corrected chi connectivity index (χ4v) is 2.16. The molecule has 0 spiro atoms. The molecular formula is C17H13BrN2O3. The van der Waals surface area contributed by atoms with Crippen molar-refractivity contribution < 1.29 is 14.1 Å². The number of ether oxygens (including phenoxy) is 1. The molecule has 6 heteroatoms. The molecule has 1 heterocycles. The SMILES string of the molecule is O=C(Nc1ccc(Br)cc1)c1cc(OCc2ccccc2)no1. The molecule has 0 bridgehead atoms. The number of benzene rings is 2. The van der Waals surface area contributed by atoms with Crippen LogP contribution in [0.5, 0.6) is 5.88 Å². The number of amides is 1. The molecule has 0 aliphatic carbocycles. The van der Waals surface area contributed by atoms with E-state index in [1.165, 1.54) is 6.07 Å². The van der Waals surface area contributed by atoms with Gasteiger partial charge in [0.1, 0.15) is 6.61 Å². The van der Waals surface area contributed by atoms with Crippen molar-refractivity contribution in [3.05, 3.63) is 76.5 Å². The zero-order valence-electron chi connectivity index (χ0n) is 12.0. The summed E-state index contributed by atoms with van der Waals surface area (Å²) in [5.41, 5.74) is 1.68. The highest BCUT2D eigenvalue weighted by molar-refractivity contribution is 9.10. The number of halogens is 1. The van der Waals surface area contributed by atoms with Crippen LogP contribution in [-0.4, -0.2) is 11.1 Å². The summed E-state index contributed by atoms with van der Waals surface area (Å²) in [5.74, 6) is -0.0137. The van der Waals surface area contributed by atoms with Gasteiger partial charge in [-0.1, -0.05) is 46.3 Å². The zero-order valence-corrected chi connectivity index (χ0v) is 13.6. The van der Waals surface area contributed by atoms with E-state index in [9.17, 15) is 4.79 Å². The van der Waals surface area contributed by atoms with Gasteiger partial charge in [-0.15, -0.1) is 0 Å². The minimum atomic E-state index is -0.380. The van der Waals surface area contributed by atoms with E-state index < -0.39 is 0 Å². The maximum absolute atomic E-state index is 12.1. The van der Waals surface area contributed by atoms with E-state index in [4.69, 9.17) is 9.26 Å². The minimum absolute atomic E-state index is 0.0935. The molecule has 116 valence electrons. The Morgan fingerprint density at radius 1 is 1.13 bits per heavy atom. The van der Waals surface area contributed by atoms with Crippen molar-refractivity contribution >= 4 is 27.5 Å². The molecule has 1 N–H and O–H groups in total. The number of carbonyl (C=O) groups is 1. The molecule has 0 aliphatic heterocycles. The Labute approximate surface area is 141 Å². The van der Waals surface area contributed by atoms with E-state index in [1.54, 1.807) is 12.1 Å². The maximum atomic E-state index is 12.1. The van der Waals surface area contributed by atoms with Gasteiger partial charge in [-0.25, -0.2) is 0 Å². The normalized spacial score (nSPS) is 10.3. The van der Waals surface area contributed by atoms with Crippen molar-refractivity contribution in [2.75, 3.05) is 5.32 Å². The van der Waals surface area contributed by atoms with Crippen LogP contribution in [-0.2, 0) is 6.61 Å². The first-order chi connectivity index (χ1) is 11.2. The molecule has 1 aromatic heterocycles. The third kappa shape index (κ3) is 4.20. The molecule has 3 rings (SSSR count). The average Bonchev–Trinajstić information content (AvgIpc) is 3.05. The van der Waals surface area contributed by atoms with Crippen LogP contribution in [0.25, 0.3) is 0 Å². The first-order valence-corrected chi connectivity index (χ1v) is 7.70. The van der Waals surface area contributed by atoms with Gasteiger partial charge in [0.15, 0.2) is 0 Å². The molecule has 5 nitrogen and oxygen atoms in total. The van der Waals surface area contributed by atoms with E-state index in [0.29, 0.717) is 12.3 Å². The van der Waals surface area contributed by atoms with Crippen LogP contribution >= 0.6 is 15.9 Å². The van der Waals surface area contributed by atoms with E-state index in [1.807, 2.05) is 42.5 Å². The van der Waals surface area contributed by atoms with Crippen molar-refractivity contribution in [2.24, 2.45) is 0 Å². The Hall–Kier alpha value is -2.60. The lowest BCUT2D eigenvalue weighted by Crippen LogP contribution is -2.10. The average molecular weight is 373 g/mol. The maximum Gasteiger partial charge on any atom is 0.294 e. The zero-order chi connectivity index (χ0) is 16.1. The van der Waals surface area contributed by atoms with Crippen molar-refractivity contribution in [2.45, 2.75) is 6.61 Å². The van der Waals surface area contributed by atoms with Crippen LogP contribution in [0.1, 0.15) is 16.1 Å². The highest BCUT2D eigenvalue weighted by Crippen LogP contribution is 2.17. The van der Waals surface area contributed by atoms with Crippen LogP contribution in [0.4, 0.5) is 5.69 Å². The smallest absolute Gasteiger partial charge is 0.294 e. The standard InChI is InChI=1S/C17H13BrN2O3/c18-13-6-8-14(9-7-13)19-17(21)15-10-16(20-23-15)22-11-12-4-2-1-3-5-12/h1-10H,11H2,(H,19,21). The van der Waals surface area contributed by atoms with Crippen LogP contribution in [0.15, 0.2) is 69.7 Å². The second-order valence-electron chi connectivity index (χ2n) is 4.76. The van der Waals surface area contributed by atoms with Crippen molar-refractivity contribution in [3.8, 4) is 5.88 Å². The molecule has 0 unspecified atom stereocenters. The lowest BCUT2D eigenvalue weighted by molar-refractivity contribution is 0.0987. The van der Waals surface area contributed by atoms with Gasteiger partial charge in [-0.2, -0.15) is 0 Å². The van der Waals surface area contributed by atoms with Gasteiger partial charge in [0.2, 0.25) is 5.76 Å². The van der Waals surface area contributed by atoms with Gasteiger partial charge < -0.3 is 14.6 Å². The van der Waals surface area contributed by atoms with E-state index in [2.05, 4.69) is 26.4 Å². The number of carbonyl (C=O) groups excluding carboxylic acids is 1. The molecule has 0 saturated heterocycles. The third-order valence-electron chi connectivity index (χ3n) is 3.04. The predicted molar refractivity (Wildman–Crippen MR) is 89.4 cm³/mol. The Morgan fingerprint density at radius 3 is 2.61 bits per heavy atom. The van der Waals surface area contributed by atoms with Crippen LogP contribution in [0, 0.1) is 0 Å². The van der Waals surface area contributed by atoms with Gasteiger partial charge in [0.05, 0.1) is 6.07 Å². The molecule has 2 aromatic carbocycles. The highest BCUT2D eigenvalue weighted by atomic mass is 79.9. The number of anilines is 1. The quantitative estimate of drug-likeness (QED) is 0.726. The molecule has 0 fully saturated rings. The lowest BCUT2D eigenvalue weighted by Gasteiger charge is -2.02. The number of aromatic nitrogens is 1. The predicted octanol–water partition coefficient (Wildman–Crippen LogP) is 4.27. The first kappa shape index (κ1) is 15.3. The fourth-order valence-electron chi connectivity index (χ4n) is 1.89. The summed E-state index contributed by atoms with van der Waals surface area (Å²) < 4.78 is 11.4. The number of nitrogens with zero attached hydrogens (tertiary/aromatic N) is 1. The molecule has 23 heavy (non-hydrogen) atoms. The van der Waals surface area contributed by atoms with Gasteiger partial charge in [-0.05, 0) is 35.0 Å². The Balaban J connectivity index is 1.59. The van der Waals surface area contributed by atoms with Crippen LogP contribution in [0.2, 0.25) is 0 Å². The summed E-state index contributed by atoms with van der Waals surface area (Å²) in [6, 6.07) is 18.4. The molecule has 1 amide bonds. The number of hydrogen-bond acceptors (Lipinski definition) is 4. The fraction of sp³-hybridized carbons (Fsp3) is 0.0588. The first-order valence-electron chi connectivity index (χ1n) is 6.91. The minimum Gasteiger partial charge on any atom is -0.471 e. The number of nitrogens with one attached hydrogen (secondary N) is 1. The lowest BCUT2D eigenvalue weighted by atomic mass is 10.2. The molecule has 0 aliphatic rings. The number of rotatable bonds is 5. The molecule has 3 aromatic rings. The van der Waals surface area contributed by atoms with Crippen molar-refractivity contribution in [1.82, 2.24) is 5.16 Å². The largest absolute Gasteiger partial charge is 0.471 e. The molecule has 0 radical (unpaired) electrons. The summed E-state index contributed by atoms with van der Waals surface area (Å²) in [7, 11) is 0. The summed E-state index contributed by atoms with van der Waals surface area (Å²) in [6.45, 7) is 0.362. The molecule has 0 saturated carbocycles. The van der Waals surface area contributed by atoms with E-state index in [0.717, 1.165) is 10.0 Å². The van der Waals surface area contributed by atoms with E-state index >= 15 is 0 Å². The monoisotopic (exact) mass is 372 g/mol. The van der Waals surface area contributed by atoms with Crippen molar-refractivity contribution in [3.63, 3.8) is 0 Å². The Bertz CT molecular complexity index is 785. The van der Waals surface area contributed by atoms with Crippen LogP contribution in [0.3, 0.4) is 0 Å². The van der Waals surface area contributed by atoms with Crippen molar-refractivity contribution in [1.29, 1.82) is 0 Å². The van der Waals surface area contributed by atoms with Gasteiger partial charge in [-0.3, -0.25) is 4.79 Å². The summed E-state index contributed by atoms with van der Waals surface area (Å²) in [4.78, 5) is 12.1. The Kier molecular flexibility index (Phi) is 4.73. The second-order valence-corrected chi connectivity index (χ2v) is 5.68. The molecule has 0 atom stereocenters. The highest BCUT2D eigenvalue weighted by Gasteiger charge is 2.14.